The number of nitrogens with one attached hydrogen (secondary N) is 2. The molecule has 1 aliphatic rings. The van der Waals surface area contributed by atoms with Crippen LogP contribution in [-0.4, -0.2) is 34.8 Å². The maximum absolute atomic E-state index is 12.7. The first kappa shape index (κ1) is 16.4. The highest BCUT2D eigenvalue weighted by Gasteiger charge is 2.20. The van der Waals surface area contributed by atoms with Gasteiger partial charge in [-0.25, -0.2) is 0 Å². The Morgan fingerprint density at radius 2 is 1.69 bits per heavy atom. The Balaban J connectivity index is 1.52. The predicted molar refractivity (Wildman–Crippen MR) is 103 cm³/mol. The van der Waals surface area contributed by atoms with Gasteiger partial charge in [0.05, 0.1) is 5.56 Å². The number of nitrogens with zero attached hydrogens (tertiary/aromatic N) is 1. The maximum Gasteiger partial charge on any atom is 0.258 e. The molecule has 1 aliphatic heterocycles. The number of benzene rings is 2. The number of carbonyl (C=O) groups excluding carboxylic acids is 2. The molecule has 5 heteroatoms. The van der Waals surface area contributed by atoms with Crippen molar-refractivity contribution in [3.8, 4) is 0 Å². The summed E-state index contributed by atoms with van der Waals surface area (Å²) in [5.41, 5.74) is 3.77. The number of hydrogen-bond donors (Lipinski definition) is 2. The number of anilines is 1. The molecule has 0 aliphatic carbocycles. The van der Waals surface area contributed by atoms with Gasteiger partial charge in [-0.05, 0) is 50.1 Å². The van der Waals surface area contributed by atoms with Crippen molar-refractivity contribution in [2.45, 2.75) is 19.8 Å². The fraction of sp³-hybridized carbons (Fsp3) is 0.238. The Morgan fingerprint density at radius 3 is 2.42 bits per heavy atom. The zero-order chi connectivity index (χ0) is 18.1. The number of amides is 2. The molecule has 0 radical (unpaired) electrons. The summed E-state index contributed by atoms with van der Waals surface area (Å²) in [6.07, 6.45) is 2.15. The van der Waals surface area contributed by atoms with E-state index in [9.17, 15) is 9.59 Å². The maximum atomic E-state index is 12.7. The lowest BCUT2D eigenvalue weighted by Gasteiger charge is -2.15. The van der Waals surface area contributed by atoms with Crippen molar-refractivity contribution in [1.29, 1.82) is 0 Å². The third-order valence-corrected chi connectivity index (χ3v) is 4.90. The number of hydrogen-bond acceptors (Lipinski definition) is 2. The minimum Gasteiger partial charge on any atom is -0.358 e. The van der Waals surface area contributed by atoms with Crippen LogP contribution in [0.15, 0.2) is 48.5 Å². The highest BCUT2D eigenvalue weighted by atomic mass is 16.2. The third kappa shape index (κ3) is 2.96. The molecule has 4 rings (SSSR count). The molecule has 0 saturated carbocycles. The average molecular weight is 347 g/mol. The van der Waals surface area contributed by atoms with E-state index in [1.807, 2.05) is 36.1 Å². The van der Waals surface area contributed by atoms with Crippen LogP contribution in [0.3, 0.4) is 0 Å². The number of aromatic amines is 1. The third-order valence-electron chi connectivity index (χ3n) is 4.90. The molecule has 132 valence electrons. The molecule has 5 nitrogen and oxygen atoms in total. The Kier molecular flexibility index (Phi) is 4.21. The smallest absolute Gasteiger partial charge is 0.258 e. The van der Waals surface area contributed by atoms with Gasteiger partial charge in [0, 0.05) is 40.9 Å². The molecule has 1 saturated heterocycles. The van der Waals surface area contributed by atoms with Gasteiger partial charge in [-0.2, -0.15) is 0 Å². The number of aromatic nitrogens is 1. The van der Waals surface area contributed by atoms with E-state index in [4.69, 9.17) is 0 Å². The van der Waals surface area contributed by atoms with Crippen molar-refractivity contribution in [1.82, 2.24) is 9.88 Å². The van der Waals surface area contributed by atoms with Crippen molar-refractivity contribution in [3.63, 3.8) is 0 Å². The molecule has 0 bridgehead atoms. The van der Waals surface area contributed by atoms with Crippen LogP contribution in [-0.2, 0) is 0 Å². The molecule has 26 heavy (non-hydrogen) atoms. The molecular formula is C21H21N3O2. The molecule has 2 amide bonds. The van der Waals surface area contributed by atoms with Crippen LogP contribution in [0, 0.1) is 6.92 Å². The van der Waals surface area contributed by atoms with Gasteiger partial charge in [0.15, 0.2) is 0 Å². The standard InChI is InChI=1S/C21H21N3O2/c1-14-19(17-6-2-3-7-18(17)22-14)20(25)23-16-10-8-15(9-11-16)21(26)24-12-4-5-13-24/h2-3,6-11,22H,4-5,12-13H2,1H3,(H,23,25). The van der Waals surface area contributed by atoms with Crippen molar-refractivity contribution < 1.29 is 9.59 Å². The Labute approximate surface area is 152 Å². The summed E-state index contributed by atoms with van der Waals surface area (Å²) in [7, 11) is 0. The Morgan fingerprint density at radius 1 is 1.00 bits per heavy atom. The minimum atomic E-state index is -0.154. The first-order valence-electron chi connectivity index (χ1n) is 8.91. The van der Waals surface area contributed by atoms with E-state index >= 15 is 0 Å². The fourth-order valence-electron chi connectivity index (χ4n) is 3.56. The fourth-order valence-corrected chi connectivity index (χ4v) is 3.56. The lowest BCUT2D eigenvalue weighted by molar-refractivity contribution is 0.0792. The van der Waals surface area contributed by atoms with Crippen molar-refractivity contribution >= 4 is 28.4 Å². The molecule has 1 aromatic heterocycles. The van der Waals surface area contributed by atoms with Crippen molar-refractivity contribution in [3.05, 3.63) is 65.4 Å². The highest BCUT2D eigenvalue weighted by Crippen LogP contribution is 2.23. The van der Waals surface area contributed by atoms with Crippen LogP contribution in [0.25, 0.3) is 10.9 Å². The van der Waals surface area contributed by atoms with Gasteiger partial charge in [-0.3, -0.25) is 9.59 Å². The summed E-state index contributed by atoms with van der Waals surface area (Å²) in [4.78, 5) is 30.2. The zero-order valence-corrected chi connectivity index (χ0v) is 14.7. The molecule has 2 N–H and O–H groups in total. The quantitative estimate of drug-likeness (QED) is 0.753. The second-order valence-electron chi connectivity index (χ2n) is 6.70. The van der Waals surface area contributed by atoms with E-state index in [0.29, 0.717) is 16.8 Å². The summed E-state index contributed by atoms with van der Waals surface area (Å²) in [6.45, 7) is 3.56. The predicted octanol–water partition coefficient (Wildman–Crippen LogP) is 3.96. The number of para-hydroxylation sites is 1. The van der Waals surface area contributed by atoms with E-state index in [2.05, 4.69) is 10.3 Å². The van der Waals surface area contributed by atoms with Crippen LogP contribution in [0.2, 0.25) is 0 Å². The van der Waals surface area contributed by atoms with Gasteiger partial charge in [0.2, 0.25) is 0 Å². The monoisotopic (exact) mass is 347 g/mol. The number of carbonyl (C=O) groups is 2. The van der Waals surface area contributed by atoms with Gasteiger partial charge >= 0.3 is 0 Å². The van der Waals surface area contributed by atoms with Crippen LogP contribution < -0.4 is 5.32 Å². The molecule has 0 unspecified atom stereocenters. The topological polar surface area (TPSA) is 65.2 Å². The molecular weight excluding hydrogens is 326 g/mol. The summed E-state index contributed by atoms with van der Waals surface area (Å²) >= 11 is 0. The van der Waals surface area contributed by atoms with Crippen LogP contribution >= 0.6 is 0 Å². The summed E-state index contributed by atoms with van der Waals surface area (Å²) in [5, 5.41) is 3.84. The molecule has 3 aromatic rings. The van der Waals surface area contributed by atoms with E-state index in [1.165, 1.54) is 0 Å². The van der Waals surface area contributed by atoms with Crippen molar-refractivity contribution in [2.24, 2.45) is 0 Å². The van der Waals surface area contributed by atoms with E-state index in [0.717, 1.165) is 42.5 Å². The molecule has 2 heterocycles. The minimum absolute atomic E-state index is 0.0628. The van der Waals surface area contributed by atoms with Gasteiger partial charge in [-0.15, -0.1) is 0 Å². The number of fused-ring (bicyclic) bond motifs is 1. The largest absolute Gasteiger partial charge is 0.358 e. The van der Waals surface area contributed by atoms with E-state index in [-0.39, 0.29) is 11.8 Å². The number of rotatable bonds is 3. The Bertz CT molecular complexity index is 967. The second-order valence-corrected chi connectivity index (χ2v) is 6.70. The highest BCUT2D eigenvalue weighted by molar-refractivity contribution is 6.14. The first-order chi connectivity index (χ1) is 12.6. The van der Waals surface area contributed by atoms with Crippen LogP contribution in [0.1, 0.15) is 39.3 Å². The lowest BCUT2D eigenvalue weighted by Crippen LogP contribution is -2.27. The van der Waals surface area contributed by atoms with Gasteiger partial charge in [0.1, 0.15) is 0 Å². The average Bonchev–Trinajstić information content (AvgIpc) is 3.28. The SMILES string of the molecule is Cc1[nH]c2ccccc2c1C(=O)Nc1ccc(C(=O)N2CCCC2)cc1. The lowest BCUT2D eigenvalue weighted by atomic mass is 10.1. The van der Waals surface area contributed by atoms with Gasteiger partial charge in [-0.1, -0.05) is 18.2 Å². The van der Waals surface area contributed by atoms with E-state index in [1.54, 1.807) is 24.3 Å². The second kappa shape index (κ2) is 6.67. The number of H-pyrrole nitrogens is 1. The molecule has 0 atom stereocenters. The molecule has 2 aromatic carbocycles. The van der Waals surface area contributed by atoms with Crippen molar-refractivity contribution in [2.75, 3.05) is 18.4 Å². The normalized spacial score (nSPS) is 14.0. The summed E-state index contributed by atoms with van der Waals surface area (Å²) in [5.74, 6) is -0.0913. The van der Waals surface area contributed by atoms with Crippen LogP contribution in [0.5, 0.6) is 0 Å². The zero-order valence-electron chi connectivity index (χ0n) is 14.7. The van der Waals surface area contributed by atoms with Gasteiger partial charge < -0.3 is 15.2 Å². The Hall–Kier alpha value is -3.08. The molecule has 1 fully saturated rings. The summed E-state index contributed by atoms with van der Waals surface area (Å²) < 4.78 is 0. The number of aryl methyl sites for hydroxylation is 1. The first-order valence-corrected chi connectivity index (χ1v) is 8.91. The van der Waals surface area contributed by atoms with Crippen LogP contribution in [0.4, 0.5) is 5.69 Å². The molecule has 0 spiro atoms. The number of likely N-dealkylation sites (tertiary alicyclic amines) is 1. The van der Waals surface area contributed by atoms with Gasteiger partial charge in [0.25, 0.3) is 11.8 Å². The van der Waals surface area contributed by atoms with E-state index < -0.39 is 0 Å². The summed E-state index contributed by atoms with van der Waals surface area (Å²) in [6, 6.07) is 14.9.